The van der Waals surface area contributed by atoms with E-state index >= 15 is 0 Å². The highest BCUT2D eigenvalue weighted by atomic mass is 19.4. The van der Waals surface area contributed by atoms with Gasteiger partial charge in [0.1, 0.15) is 0 Å². The summed E-state index contributed by atoms with van der Waals surface area (Å²) in [7, 11) is 1.72. The number of rotatable bonds is 4. The van der Waals surface area contributed by atoms with E-state index in [1.807, 2.05) is 18.3 Å². The fraction of sp³-hybridized carbons (Fsp3) is 0.219. The predicted molar refractivity (Wildman–Crippen MR) is 159 cm³/mol. The van der Waals surface area contributed by atoms with Crippen molar-refractivity contribution in [2.45, 2.75) is 39.3 Å². The second kappa shape index (κ2) is 11.0. The maximum atomic E-state index is 14.2. The Morgan fingerprint density at radius 3 is 2.18 bits per heavy atom. The molecule has 45 heavy (non-hydrogen) atoms. The number of carbonyl (C=O) groups is 2. The summed E-state index contributed by atoms with van der Waals surface area (Å²) >= 11 is 0. The average molecular weight is 611 g/mol. The van der Waals surface area contributed by atoms with Crippen molar-refractivity contribution >= 4 is 39.6 Å². The van der Waals surface area contributed by atoms with Crippen molar-refractivity contribution < 1.29 is 22.8 Å². The Kier molecular flexibility index (Phi) is 7.51. The zero-order valence-corrected chi connectivity index (χ0v) is 24.8. The number of nitrogens with zero attached hydrogens (tertiary/aromatic N) is 8. The van der Waals surface area contributed by atoms with Crippen LogP contribution < -0.4 is 10.5 Å². The third-order valence-corrected chi connectivity index (χ3v) is 7.53. The standard InChI is InChI=1S/C32H25F3N8O2/c1-18(44)42(19(2)45)29-25(32(33,34)35)13-21(14-39-29)20-6-11-26-24(12-20)28-27(15-38-26)41(5)30(40-17-37)43(28)23-9-7-22(8-10-23)31(3,4)16-36/h6-15H,1-5H3. The third kappa shape index (κ3) is 5.29. The molecule has 0 fully saturated rings. The number of pyridine rings is 2. The molecular weight excluding hydrogens is 585 g/mol. The molecule has 0 spiro atoms. The number of fused-ring (bicyclic) bond motifs is 3. The number of alkyl halides is 3. The molecule has 5 rings (SSSR count). The predicted octanol–water partition coefficient (Wildman–Crippen LogP) is 5.68. The van der Waals surface area contributed by atoms with E-state index in [0.29, 0.717) is 38.1 Å². The molecule has 0 radical (unpaired) electrons. The van der Waals surface area contributed by atoms with Gasteiger partial charge in [0, 0.05) is 43.7 Å². The van der Waals surface area contributed by atoms with E-state index in [4.69, 9.17) is 0 Å². The molecular formula is C32H25F3N8O2. The van der Waals surface area contributed by atoms with Crippen molar-refractivity contribution in [3.05, 3.63) is 77.7 Å². The largest absolute Gasteiger partial charge is 0.420 e. The lowest BCUT2D eigenvalue weighted by Gasteiger charge is -2.21. The first-order chi connectivity index (χ1) is 21.2. The van der Waals surface area contributed by atoms with Crippen molar-refractivity contribution in [2.75, 3.05) is 4.90 Å². The van der Waals surface area contributed by atoms with Crippen LogP contribution in [-0.4, -0.2) is 30.9 Å². The lowest BCUT2D eigenvalue weighted by molar-refractivity contribution is -0.137. The molecule has 0 unspecified atom stereocenters. The molecule has 0 aliphatic heterocycles. The first-order valence-electron chi connectivity index (χ1n) is 13.5. The van der Waals surface area contributed by atoms with E-state index in [9.17, 15) is 33.3 Å². The van der Waals surface area contributed by atoms with Crippen LogP contribution in [0.4, 0.5) is 19.0 Å². The Hall–Kier alpha value is -5.82. The van der Waals surface area contributed by atoms with Gasteiger partial charge in [-0.2, -0.15) is 23.7 Å². The minimum absolute atomic E-state index is 0.0875. The van der Waals surface area contributed by atoms with Gasteiger partial charge in [-0.25, -0.2) is 9.88 Å². The Bertz CT molecular complexity index is 2170. The Morgan fingerprint density at radius 1 is 0.933 bits per heavy atom. The van der Waals surface area contributed by atoms with Crippen molar-refractivity contribution in [1.82, 2.24) is 19.1 Å². The van der Waals surface area contributed by atoms with Crippen LogP contribution in [0, 0.1) is 22.8 Å². The van der Waals surface area contributed by atoms with Crippen molar-refractivity contribution in [3.63, 3.8) is 0 Å². The third-order valence-electron chi connectivity index (χ3n) is 7.53. The van der Waals surface area contributed by atoms with Crippen LogP contribution >= 0.6 is 0 Å². The molecule has 2 aromatic carbocycles. The lowest BCUT2D eigenvalue weighted by atomic mass is 9.86. The summed E-state index contributed by atoms with van der Waals surface area (Å²) in [5, 5.41) is 19.6. The van der Waals surface area contributed by atoms with Crippen LogP contribution in [0.3, 0.4) is 0 Å². The quantitative estimate of drug-likeness (QED) is 0.241. The topological polar surface area (TPSA) is 133 Å². The summed E-state index contributed by atoms with van der Waals surface area (Å²) in [6.45, 7) is 5.57. The molecule has 0 bridgehead atoms. The Morgan fingerprint density at radius 2 is 1.60 bits per heavy atom. The average Bonchev–Trinajstić information content (AvgIpc) is 3.27. The first kappa shape index (κ1) is 30.6. The smallest absolute Gasteiger partial charge is 0.311 e. The van der Waals surface area contributed by atoms with Crippen LogP contribution in [0.15, 0.2) is 65.9 Å². The van der Waals surface area contributed by atoms with E-state index in [2.05, 4.69) is 21.0 Å². The minimum atomic E-state index is -4.92. The highest BCUT2D eigenvalue weighted by molar-refractivity contribution is 6.13. The van der Waals surface area contributed by atoms with Gasteiger partial charge >= 0.3 is 6.18 Å². The van der Waals surface area contributed by atoms with E-state index in [0.717, 1.165) is 25.5 Å². The van der Waals surface area contributed by atoms with E-state index in [1.54, 1.807) is 66.6 Å². The van der Waals surface area contributed by atoms with E-state index in [1.165, 1.54) is 6.20 Å². The highest BCUT2D eigenvalue weighted by Crippen LogP contribution is 2.39. The highest BCUT2D eigenvalue weighted by Gasteiger charge is 2.38. The number of imidazole rings is 1. The van der Waals surface area contributed by atoms with Gasteiger partial charge in [-0.1, -0.05) is 18.2 Å². The zero-order chi connectivity index (χ0) is 32.8. The first-order valence-corrected chi connectivity index (χ1v) is 13.5. The number of benzene rings is 2. The molecule has 10 nitrogen and oxygen atoms in total. The van der Waals surface area contributed by atoms with Crippen LogP contribution in [0.1, 0.15) is 38.8 Å². The number of hydrogen-bond donors (Lipinski definition) is 0. The second-order valence-corrected chi connectivity index (χ2v) is 10.9. The lowest BCUT2D eigenvalue weighted by Crippen LogP contribution is -2.35. The van der Waals surface area contributed by atoms with Crippen molar-refractivity contribution in [2.24, 2.45) is 12.0 Å². The summed E-state index contributed by atoms with van der Waals surface area (Å²) in [4.78, 5) is 37.0. The molecule has 0 aliphatic rings. The molecule has 13 heteroatoms. The molecule has 0 saturated carbocycles. The number of amides is 2. The summed E-state index contributed by atoms with van der Waals surface area (Å²) in [5.41, 5.74) is 1.86. The molecule has 0 aliphatic carbocycles. The van der Waals surface area contributed by atoms with Gasteiger partial charge in [0.2, 0.25) is 23.6 Å². The number of imide groups is 1. The molecule has 3 aromatic heterocycles. The summed E-state index contributed by atoms with van der Waals surface area (Å²) in [5.74, 6) is -2.60. The fourth-order valence-electron chi connectivity index (χ4n) is 5.21. The number of halogens is 3. The van der Waals surface area contributed by atoms with Gasteiger partial charge in [0.05, 0.1) is 39.8 Å². The monoisotopic (exact) mass is 610 g/mol. The zero-order valence-electron chi connectivity index (χ0n) is 24.8. The summed E-state index contributed by atoms with van der Waals surface area (Å²) in [6.07, 6.45) is -0.303. The molecule has 0 saturated heterocycles. The number of hydrogen-bond acceptors (Lipinski definition) is 7. The fourth-order valence-corrected chi connectivity index (χ4v) is 5.21. The van der Waals surface area contributed by atoms with Gasteiger partial charge in [-0.3, -0.25) is 19.1 Å². The minimum Gasteiger partial charge on any atom is -0.311 e. The van der Waals surface area contributed by atoms with Crippen LogP contribution in [-0.2, 0) is 28.2 Å². The Balaban J connectivity index is 1.79. The molecule has 2 amide bonds. The number of anilines is 1. The van der Waals surface area contributed by atoms with Gasteiger partial charge in [-0.15, -0.1) is 4.99 Å². The van der Waals surface area contributed by atoms with Crippen LogP contribution in [0.25, 0.3) is 38.8 Å². The summed E-state index contributed by atoms with van der Waals surface area (Å²) < 4.78 is 46.1. The van der Waals surface area contributed by atoms with Crippen molar-refractivity contribution in [1.29, 1.82) is 10.5 Å². The molecule has 3 heterocycles. The van der Waals surface area contributed by atoms with Gasteiger partial charge in [0.25, 0.3) is 0 Å². The van der Waals surface area contributed by atoms with Crippen LogP contribution in [0.2, 0.25) is 0 Å². The van der Waals surface area contributed by atoms with Crippen LogP contribution in [0.5, 0.6) is 0 Å². The van der Waals surface area contributed by atoms with E-state index in [-0.39, 0.29) is 11.2 Å². The maximum Gasteiger partial charge on any atom is 0.420 e. The summed E-state index contributed by atoms with van der Waals surface area (Å²) in [6, 6.07) is 15.3. The molecule has 0 atom stereocenters. The molecule has 5 aromatic rings. The molecule has 0 N–H and O–H groups in total. The van der Waals surface area contributed by atoms with Crippen molar-refractivity contribution in [3.8, 4) is 29.1 Å². The SMILES string of the molecule is CC(=O)N(C(C)=O)c1ncc(-c2ccc3ncc4c(c3c2)n(-c2ccc(C(C)(C)C#N)cc2)c(=NC#N)n4C)cc1C(F)(F)F. The number of nitriles is 2. The number of aryl methyl sites for hydroxylation is 1. The Labute approximate surface area is 254 Å². The normalized spacial score (nSPS) is 12.3. The second-order valence-electron chi connectivity index (χ2n) is 10.9. The van der Waals surface area contributed by atoms with Gasteiger partial charge in [0.15, 0.2) is 5.82 Å². The van der Waals surface area contributed by atoms with E-state index < -0.39 is 34.8 Å². The van der Waals surface area contributed by atoms with Gasteiger partial charge in [-0.05, 0) is 55.3 Å². The maximum absolute atomic E-state index is 14.2. The number of carbonyl (C=O) groups excluding carboxylic acids is 2. The van der Waals surface area contributed by atoms with Gasteiger partial charge < -0.3 is 4.57 Å². The molecule has 226 valence electrons. The number of aromatic nitrogens is 4.